The van der Waals surface area contributed by atoms with E-state index in [2.05, 4.69) is 63.5 Å². The van der Waals surface area contributed by atoms with E-state index in [4.69, 9.17) is 0 Å². The first-order valence-corrected chi connectivity index (χ1v) is 7.96. The van der Waals surface area contributed by atoms with E-state index in [0.29, 0.717) is 6.04 Å². The van der Waals surface area contributed by atoms with Gasteiger partial charge in [-0.15, -0.1) is 11.3 Å². The Hall–Kier alpha value is -0.640. The third-order valence-corrected chi connectivity index (χ3v) is 5.23. The molecule has 0 N–H and O–H groups in total. The quantitative estimate of drug-likeness (QED) is 0.779. The molecular formula is C15H16BrNS. The standard InChI is InChI=1S/C15H16BrNS/c1-11-14-7-9-18-15(14)6-8-17(11)10-12-2-4-13(16)5-3-12/h2-5,7,9,11H,6,8,10H2,1H3. The van der Waals surface area contributed by atoms with Gasteiger partial charge in [0.25, 0.3) is 0 Å². The molecule has 0 saturated carbocycles. The Morgan fingerprint density at radius 2 is 2.06 bits per heavy atom. The van der Waals surface area contributed by atoms with Gasteiger partial charge in [-0.05, 0) is 48.1 Å². The Bertz CT molecular complexity index is 532. The summed E-state index contributed by atoms with van der Waals surface area (Å²) >= 11 is 5.39. The van der Waals surface area contributed by atoms with Gasteiger partial charge in [-0.2, -0.15) is 0 Å². The van der Waals surface area contributed by atoms with Crippen molar-refractivity contribution in [2.45, 2.75) is 25.9 Å². The topological polar surface area (TPSA) is 3.24 Å². The van der Waals surface area contributed by atoms with Crippen molar-refractivity contribution in [3.63, 3.8) is 0 Å². The minimum absolute atomic E-state index is 0.545. The first kappa shape index (κ1) is 12.4. The molecule has 18 heavy (non-hydrogen) atoms. The molecule has 3 heteroatoms. The zero-order valence-electron chi connectivity index (χ0n) is 10.4. The molecule has 2 heterocycles. The third kappa shape index (κ3) is 2.40. The van der Waals surface area contributed by atoms with Crippen LogP contribution in [0.4, 0.5) is 0 Å². The Morgan fingerprint density at radius 3 is 2.83 bits per heavy atom. The first-order chi connectivity index (χ1) is 8.74. The highest BCUT2D eigenvalue weighted by Gasteiger charge is 2.24. The van der Waals surface area contributed by atoms with Crippen molar-refractivity contribution < 1.29 is 0 Å². The maximum absolute atomic E-state index is 3.49. The predicted molar refractivity (Wildman–Crippen MR) is 81.0 cm³/mol. The molecule has 2 aromatic rings. The molecule has 0 spiro atoms. The smallest absolute Gasteiger partial charge is 0.0334 e. The van der Waals surface area contributed by atoms with Crippen molar-refractivity contribution in [1.82, 2.24) is 4.90 Å². The lowest BCUT2D eigenvalue weighted by molar-refractivity contribution is 0.191. The van der Waals surface area contributed by atoms with E-state index in [1.807, 2.05) is 11.3 Å². The summed E-state index contributed by atoms with van der Waals surface area (Å²) in [6, 6.07) is 11.5. The van der Waals surface area contributed by atoms with Crippen LogP contribution in [0.1, 0.15) is 29.0 Å². The number of hydrogen-bond acceptors (Lipinski definition) is 2. The predicted octanol–water partition coefficient (Wildman–Crippen LogP) is 4.63. The largest absolute Gasteiger partial charge is 0.292 e. The van der Waals surface area contributed by atoms with Crippen molar-refractivity contribution in [1.29, 1.82) is 0 Å². The van der Waals surface area contributed by atoms with Crippen molar-refractivity contribution in [2.75, 3.05) is 6.54 Å². The summed E-state index contributed by atoms with van der Waals surface area (Å²) in [5, 5.41) is 2.23. The summed E-state index contributed by atoms with van der Waals surface area (Å²) in [5.74, 6) is 0. The van der Waals surface area contributed by atoms with Crippen molar-refractivity contribution in [2.24, 2.45) is 0 Å². The highest BCUT2D eigenvalue weighted by molar-refractivity contribution is 9.10. The van der Waals surface area contributed by atoms with E-state index in [9.17, 15) is 0 Å². The third-order valence-electron chi connectivity index (χ3n) is 3.70. The van der Waals surface area contributed by atoms with E-state index in [0.717, 1.165) is 11.0 Å². The maximum atomic E-state index is 3.49. The summed E-state index contributed by atoms with van der Waals surface area (Å²) in [5.41, 5.74) is 2.92. The second-order valence-corrected chi connectivity index (χ2v) is 6.74. The van der Waals surface area contributed by atoms with Gasteiger partial charge >= 0.3 is 0 Å². The van der Waals surface area contributed by atoms with Crippen LogP contribution >= 0.6 is 27.3 Å². The van der Waals surface area contributed by atoms with E-state index in [1.165, 1.54) is 24.1 Å². The van der Waals surface area contributed by atoms with Crippen LogP contribution in [0.5, 0.6) is 0 Å². The molecule has 0 saturated heterocycles. The van der Waals surface area contributed by atoms with Gasteiger partial charge in [-0.1, -0.05) is 28.1 Å². The average Bonchev–Trinajstić information content (AvgIpc) is 2.84. The minimum atomic E-state index is 0.545. The van der Waals surface area contributed by atoms with Gasteiger partial charge in [0.15, 0.2) is 0 Å². The number of halogens is 1. The molecule has 1 aromatic carbocycles. The lowest BCUT2D eigenvalue weighted by atomic mass is 10.0. The summed E-state index contributed by atoms with van der Waals surface area (Å²) < 4.78 is 1.15. The van der Waals surface area contributed by atoms with Crippen molar-refractivity contribution >= 4 is 27.3 Å². The molecule has 3 rings (SSSR count). The minimum Gasteiger partial charge on any atom is -0.292 e. The molecule has 1 aromatic heterocycles. The van der Waals surface area contributed by atoms with Gasteiger partial charge in [-0.25, -0.2) is 0 Å². The number of nitrogens with zero attached hydrogens (tertiary/aromatic N) is 1. The van der Waals surface area contributed by atoms with Crippen LogP contribution in [0.3, 0.4) is 0 Å². The Morgan fingerprint density at radius 1 is 1.28 bits per heavy atom. The molecular weight excluding hydrogens is 306 g/mol. The molecule has 0 bridgehead atoms. The second kappa shape index (κ2) is 5.16. The van der Waals surface area contributed by atoms with Gasteiger partial charge in [-0.3, -0.25) is 4.90 Å². The summed E-state index contributed by atoms with van der Waals surface area (Å²) in [6.45, 7) is 4.54. The summed E-state index contributed by atoms with van der Waals surface area (Å²) in [4.78, 5) is 4.15. The normalized spacial score (nSPS) is 19.8. The lowest BCUT2D eigenvalue weighted by Gasteiger charge is -2.33. The number of rotatable bonds is 2. The van der Waals surface area contributed by atoms with Crippen molar-refractivity contribution in [3.05, 3.63) is 56.2 Å². The summed E-state index contributed by atoms with van der Waals surface area (Å²) in [6.07, 6.45) is 1.20. The molecule has 94 valence electrons. The van der Waals surface area contributed by atoms with Crippen LogP contribution < -0.4 is 0 Å². The van der Waals surface area contributed by atoms with Gasteiger partial charge in [0, 0.05) is 28.5 Å². The zero-order valence-corrected chi connectivity index (χ0v) is 12.8. The molecule has 1 unspecified atom stereocenters. The number of benzene rings is 1. The van der Waals surface area contributed by atoms with E-state index >= 15 is 0 Å². The van der Waals surface area contributed by atoms with E-state index < -0.39 is 0 Å². The molecule has 1 aliphatic heterocycles. The van der Waals surface area contributed by atoms with E-state index in [1.54, 1.807) is 4.88 Å². The number of hydrogen-bond donors (Lipinski definition) is 0. The summed E-state index contributed by atoms with van der Waals surface area (Å²) in [7, 11) is 0. The molecule has 1 nitrogen and oxygen atoms in total. The van der Waals surface area contributed by atoms with Crippen LogP contribution in [0.15, 0.2) is 40.2 Å². The molecule has 1 aliphatic rings. The first-order valence-electron chi connectivity index (χ1n) is 6.29. The van der Waals surface area contributed by atoms with Crippen molar-refractivity contribution in [3.8, 4) is 0 Å². The Labute approximate surface area is 121 Å². The molecule has 0 fully saturated rings. The van der Waals surface area contributed by atoms with Crippen LogP contribution in [0.2, 0.25) is 0 Å². The SMILES string of the molecule is CC1c2ccsc2CCN1Cc1ccc(Br)cc1. The zero-order chi connectivity index (χ0) is 12.5. The van der Waals surface area contributed by atoms with Gasteiger partial charge in [0.1, 0.15) is 0 Å². The van der Waals surface area contributed by atoms with Gasteiger partial charge in [0.05, 0.1) is 0 Å². The fourth-order valence-electron chi connectivity index (χ4n) is 2.60. The van der Waals surface area contributed by atoms with Crippen LogP contribution in [0.25, 0.3) is 0 Å². The highest BCUT2D eigenvalue weighted by Crippen LogP contribution is 2.33. The number of thiophene rings is 1. The monoisotopic (exact) mass is 321 g/mol. The van der Waals surface area contributed by atoms with Crippen LogP contribution in [0, 0.1) is 0 Å². The second-order valence-electron chi connectivity index (χ2n) is 4.82. The Balaban J connectivity index is 1.77. The maximum Gasteiger partial charge on any atom is 0.0334 e. The van der Waals surface area contributed by atoms with Crippen LogP contribution in [-0.4, -0.2) is 11.4 Å². The van der Waals surface area contributed by atoms with Gasteiger partial charge in [0.2, 0.25) is 0 Å². The molecule has 0 radical (unpaired) electrons. The molecule has 1 atom stereocenters. The fourth-order valence-corrected chi connectivity index (χ4v) is 3.83. The fraction of sp³-hybridized carbons (Fsp3) is 0.333. The van der Waals surface area contributed by atoms with E-state index in [-0.39, 0.29) is 0 Å². The lowest BCUT2D eigenvalue weighted by Crippen LogP contribution is -2.32. The Kier molecular flexibility index (Phi) is 3.55. The van der Waals surface area contributed by atoms with Gasteiger partial charge < -0.3 is 0 Å². The molecule has 0 aliphatic carbocycles. The number of fused-ring (bicyclic) bond motifs is 1. The average molecular weight is 322 g/mol. The highest BCUT2D eigenvalue weighted by atomic mass is 79.9. The molecule has 0 amide bonds. The van der Waals surface area contributed by atoms with Crippen LogP contribution in [-0.2, 0) is 13.0 Å².